The highest BCUT2D eigenvalue weighted by Gasteiger charge is 2.43. The van der Waals surface area contributed by atoms with E-state index in [9.17, 15) is 14.4 Å². The summed E-state index contributed by atoms with van der Waals surface area (Å²) in [4.78, 5) is 47.8. The van der Waals surface area contributed by atoms with Gasteiger partial charge in [0.2, 0.25) is 12.0 Å². The Hall–Kier alpha value is -4.31. The average molecular weight is 613 g/mol. The predicted molar refractivity (Wildman–Crippen MR) is 169 cm³/mol. The van der Waals surface area contributed by atoms with E-state index < -0.39 is 6.10 Å². The topological polar surface area (TPSA) is 91.4 Å². The molecule has 2 amide bonds. The van der Waals surface area contributed by atoms with E-state index in [4.69, 9.17) is 9.47 Å². The van der Waals surface area contributed by atoms with Crippen LogP contribution < -0.4 is 19.7 Å². The predicted octanol–water partition coefficient (Wildman–Crippen LogP) is 4.88. The number of piperazine rings is 1. The first-order chi connectivity index (χ1) is 21.3. The molecule has 228 valence electrons. The summed E-state index contributed by atoms with van der Waals surface area (Å²) in [6.45, 7) is 6.22. The summed E-state index contributed by atoms with van der Waals surface area (Å²) >= 11 is 1.60. The lowest BCUT2D eigenvalue weighted by Gasteiger charge is -2.40. The fraction of sp³-hybridized carbons (Fsp3) is 0.382. The Balaban J connectivity index is 1.11. The molecule has 4 heterocycles. The van der Waals surface area contributed by atoms with E-state index in [1.54, 1.807) is 22.3 Å². The molecule has 10 heteroatoms. The van der Waals surface area contributed by atoms with Crippen LogP contribution in [-0.2, 0) is 14.4 Å². The first kappa shape index (κ1) is 28.5. The number of benzene rings is 2. The molecule has 1 aliphatic carbocycles. The lowest BCUT2D eigenvalue weighted by atomic mass is 9.74. The Bertz CT molecular complexity index is 1630. The number of anilines is 2. The molecule has 0 radical (unpaired) electrons. The minimum absolute atomic E-state index is 0.0349. The molecule has 4 aliphatic rings. The third kappa shape index (κ3) is 5.32. The number of Topliss-reactive ketones (excluding diaryl/α,β-unsaturated/α-hetero) is 1. The Morgan fingerprint density at radius 2 is 1.66 bits per heavy atom. The zero-order valence-electron chi connectivity index (χ0n) is 25.0. The number of para-hydroxylation sites is 4. The van der Waals surface area contributed by atoms with Gasteiger partial charge in [0.1, 0.15) is 6.61 Å². The van der Waals surface area contributed by atoms with Crippen molar-refractivity contribution in [2.45, 2.75) is 38.8 Å². The number of hydrogen-bond acceptors (Lipinski definition) is 8. The van der Waals surface area contributed by atoms with Crippen molar-refractivity contribution in [2.75, 3.05) is 49.5 Å². The van der Waals surface area contributed by atoms with E-state index in [2.05, 4.69) is 30.1 Å². The number of nitrogens with zero attached hydrogens (tertiary/aromatic N) is 3. The van der Waals surface area contributed by atoms with Gasteiger partial charge in [-0.3, -0.25) is 14.4 Å². The summed E-state index contributed by atoms with van der Waals surface area (Å²) in [5, 5.41) is 5.63. The van der Waals surface area contributed by atoms with Crippen LogP contribution in [0, 0.1) is 5.41 Å². The van der Waals surface area contributed by atoms with Crippen molar-refractivity contribution in [3.8, 4) is 11.5 Å². The average Bonchev–Trinajstić information content (AvgIpc) is 3.52. The summed E-state index contributed by atoms with van der Waals surface area (Å²) < 4.78 is 11.7. The summed E-state index contributed by atoms with van der Waals surface area (Å²) in [6, 6.07) is 19.0. The lowest BCUT2D eigenvalue weighted by Crippen LogP contribution is -2.56. The number of ether oxygens (including phenoxy) is 2. The maximum Gasteiger partial charge on any atom is 0.267 e. The SMILES string of the molecule is CC1(C)CC(=O)C2=C(C1)Nc1ccccc1N(CC(=O)N1CCN(C(=O)C3COc4ccccc4O3)CC1)C2c1cccs1. The number of fused-ring (bicyclic) bond motifs is 2. The molecule has 0 spiro atoms. The van der Waals surface area contributed by atoms with Crippen LogP contribution in [0.25, 0.3) is 0 Å². The quantitative estimate of drug-likeness (QED) is 0.450. The monoisotopic (exact) mass is 612 g/mol. The molecule has 44 heavy (non-hydrogen) atoms. The number of carbonyl (C=O) groups is 3. The number of thiophene rings is 1. The second-order valence-corrected chi connectivity index (χ2v) is 13.6. The largest absolute Gasteiger partial charge is 0.485 e. The minimum Gasteiger partial charge on any atom is -0.485 e. The number of rotatable bonds is 4. The molecule has 3 aliphatic heterocycles. The number of amides is 2. The smallest absolute Gasteiger partial charge is 0.267 e. The van der Waals surface area contributed by atoms with Gasteiger partial charge < -0.3 is 29.5 Å². The van der Waals surface area contributed by atoms with Crippen molar-refractivity contribution in [1.82, 2.24) is 9.80 Å². The molecule has 1 aromatic heterocycles. The standard InChI is InChI=1S/C34H36N4O5S/c1-34(2)18-23-31(25(39)19-34)32(29-12-7-17-44-29)38(24-9-4-3-8-22(24)35-23)20-30(40)36-13-15-37(16-14-36)33(41)28-21-42-26-10-5-6-11-27(26)43-28/h3-12,17,28,32,35H,13-16,18-21H2,1-2H3. The van der Waals surface area contributed by atoms with Crippen LogP contribution >= 0.6 is 11.3 Å². The number of allylic oxidation sites excluding steroid dienone is 1. The van der Waals surface area contributed by atoms with E-state index >= 15 is 0 Å². The number of hydrogen-bond donors (Lipinski definition) is 1. The van der Waals surface area contributed by atoms with Gasteiger partial charge in [0, 0.05) is 48.7 Å². The number of nitrogens with one attached hydrogen (secondary N) is 1. The lowest BCUT2D eigenvalue weighted by molar-refractivity contribution is -0.145. The maximum atomic E-state index is 14.0. The van der Waals surface area contributed by atoms with Crippen molar-refractivity contribution < 1.29 is 23.9 Å². The van der Waals surface area contributed by atoms with Gasteiger partial charge in [0.15, 0.2) is 17.3 Å². The maximum absolute atomic E-state index is 14.0. The minimum atomic E-state index is -0.708. The zero-order valence-corrected chi connectivity index (χ0v) is 25.8. The molecule has 3 aromatic rings. The van der Waals surface area contributed by atoms with Gasteiger partial charge in [0.25, 0.3) is 5.91 Å². The number of carbonyl (C=O) groups excluding carboxylic acids is 3. The summed E-state index contributed by atoms with van der Waals surface area (Å²) in [5.41, 5.74) is 3.32. The van der Waals surface area contributed by atoms with Gasteiger partial charge in [-0.15, -0.1) is 11.3 Å². The normalized spacial score (nSPS) is 22.5. The van der Waals surface area contributed by atoms with E-state index in [0.717, 1.165) is 33.9 Å². The molecular weight excluding hydrogens is 576 g/mol. The van der Waals surface area contributed by atoms with Crippen LogP contribution in [0.4, 0.5) is 11.4 Å². The molecule has 0 bridgehead atoms. The van der Waals surface area contributed by atoms with Gasteiger partial charge >= 0.3 is 0 Å². The number of ketones is 1. The van der Waals surface area contributed by atoms with Crippen LogP contribution in [0.5, 0.6) is 11.5 Å². The van der Waals surface area contributed by atoms with Crippen LogP contribution in [0.15, 0.2) is 77.3 Å². The highest BCUT2D eigenvalue weighted by atomic mass is 32.1. The van der Waals surface area contributed by atoms with Crippen molar-refractivity contribution >= 4 is 40.3 Å². The molecule has 2 atom stereocenters. The first-order valence-corrected chi connectivity index (χ1v) is 16.0. The van der Waals surface area contributed by atoms with Gasteiger partial charge in [-0.05, 0) is 47.5 Å². The molecule has 2 unspecified atom stereocenters. The zero-order chi connectivity index (χ0) is 30.4. The summed E-state index contributed by atoms with van der Waals surface area (Å²) in [7, 11) is 0. The highest BCUT2D eigenvalue weighted by Crippen LogP contribution is 2.49. The molecule has 9 nitrogen and oxygen atoms in total. The van der Waals surface area contributed by atoms with Crippen LogP contribution in [0.2, 0.25) is 0 Å². The van der Waals surface area contributed by atoms with E-state index in [1.807, 2.05) is 58.8 Å². The molecule has 1 fully saturated rings. The molecule has 0 saturated carbocycles. The molecule has 7 rings (SSSR count). The van der Waals surface area contributed by atoms with Gasteiger partial charge in [-0.1, -0.05) is 44.2 Å². The summed E-state index contributed by atoms with van der Waals surface area (Å²) in [5.74, 6) is 1.16. The van der Waals surface area contributed by atoms with Crippen molar-refractivity contribution in [1.29, 1.82) is 0 Å². The van der Waals surface area contributed by atoms with Gasteiger partial charge in [0.05, 0.1) is 24.0 Å². The third-order valence-corrected chi connectivity index (χ3v) is 9.78. The molecule has 1 saturated heterocycles. The van der Waals surface area contributed by atoms with E-state index in [0.29, 0.717) is 44.1 Å². The van der Waals surface area contributed by atoms with E-state index in [1.165, 1.54) is 0 Å². The second kappa shape index (κ2) is 11.3. The molecule has 1 N–H and O–H groups in total. The Labute approximate surface area is 261 Å². The highest BCUT2D eigenvalue weighted by molar-refractivity contribution is 7.10. The molecular formula is C34H36N4O5S. The molecule has 2 aromatic carbocycles. The van der Waals surface area contributed by atoms with Crippen molar-refractivity contribution in [2.24, 2.45) is 5.41 Å². The Morgan fingerprint density at radius 1 is 0.932 bits per heavy atom. The van der Waals surface area contributed by atoms with Gasteiger partial charge in [-0.25, -0.2) is 0 Å². The van der Waals surface area contributed by atoms with Crippen LogP contribution in [0.1, 0.15) is 37.6 Å². The first-order valence-electron chi connectivity index (χ1n) is 15.1. The third-order valence-electron chi connectivity index (χ3n) is 8.85. The van der Waals surface area contributed by atoms with Crippen molar-refractivity contribution in [3.63, 3.8) is 0 Å². The van der Waals surface area contributed by atoms with Crippen LogP contribution in [-0.4, -0.2) is 72.8 Å². The fourth-order valence-electron chi connectivity index (χ4n) is 6.74. The fourth-order valence-corrected chi connectivity index (χ4v) is 7.58. The summed E-state index contributed by atoms with van der Waals surface area (Å²) in [6.07, 6.45) is 0.508. The van der Waals surface area contributed by atoms with Crippen molar-refractivity contribution in [3.05, 3.63) is 82.2 Å². The second-order valence-electron chi connectivity index (χ2n) is 12.6. The Kier molecular flexibility index (Phi) is 7.32. The van der Waals surface area contributed by atoms with Gasteiger partial charge in [-0.2, -0.15) is 0 Å². The van der Waals surface area contributed by atoms with E-state index in [-0.39, 0.29) is 42.2 Å². The Morgan fingerprint density at radius 3 is 2.43 bits per heavy atom. The van der Waals surface area contributed by atoms with Crippen LogP contribution in [0.3, 0.4) is 0 Å².